The van der Waals surface area contributed by atoms with E-state index >= 15 is 0 Å². The molecule has 0 amide bonds. The van der Waals surface area contributed by atoms with Gasteiger partial charge in [-0.25, -0.2) is 13.6 Å². The Morgan fingerprint density at radius 3 is 2.52 bits per heavy atom. The summed E-state index contributed by atoms with van der Waals surface area (Å²) in [6, 6.07) is 9.82. The molecule has 2 aromatic carbocycles. The summed E-state index contributed by atoms with van der Waals surface area (Å²) in [6.07, 6.45) is 2.04. The zero-order chi connectivity index (χ0) is 15.2. The zero-order valence-corrected chi connectivity index (χ0v) is 10.9. The lowest BCUT2D eigenvalue weighted by Gasteiger charge is -2.07. The maximum absolute atomic E-state index is 13.5. The second kappa shape index (κ2) is 6.65. The number of halogens is 2. The molecule has 0 unspecified atom stereocenters. The molecule has 108 valence electrons. The van der Waals surface area contributed by atoms with Crippen molar-refractivity contribution in [3.05, 3.63) is 71.3 Å². The summed E-state index contributed by atoms with van der Waals surface area (Å²) in [5, 5.41) is 8.54. The van der Waals surface area contributed by atoms with Crippen molar-refractivity contribution >= 4 is 12.0 Å². The van der Waals surface area contributed by atoms with Crippen LogP contribution in [-0.2, 0) is 11.4 Å². The molecule has 0 aromatic heterocycles. The number of carbonyl (C=O) groups is 1. The molecule has 0 bridgehead atoms. The van der Waals surface area contributed by atoms with E-state index in [2.05, 4.69) is 0 Å². The molecule has 0 saturated heterocycles. The monoisotopic (exact) mass is 290 g/mol. The maximum Gasteiger partial charge on any atom is 0.328 e. The number of benzene rings is 2. The summed E-state index contributed by atoms with van der Waals surface area (Å²) in [7, 11) is 0. The van der Waals surface area contributed by atoms with Crippen molar-refractivity contribution in [1.82, 2.24) is 0 Å². The van der Waals surface area contributed by atoms with E-state index in [0.29, 0.717) is 11.3 Å². The lowest BCUT2D eigenvalue weighted by Crippen LogP contribution is -1.97. The fraction of sp³-hybridized carbons (Fsp3) is 0.0625. The molecule has 21 heavy (non-hydrogen) atoms. The Labute approximate surface area is 120 Å². The van der Waals surface area contributed by atoms with E-state index in [1.54, 1.807) is 0 Å². The van der Waals surface area contributed by atoms with Gasteiger partial charge in [-0.05, 0) is 48.0 Å². The zero-order valence-electron chi connectivity index (χ0n) is 10.9. The van der Waals surface area contributed by atoms with E-state index in [1.807, 2.05) is 0 Å². The molecular formula is C16H12F2O3. The highest BCUT2D eigenvalue weighted by Crippen LogP contribution is 2.16. The van der Waals surface area contributed by atoms with Gasteiger partial charge in [0, 0.05) is 11.6 Å². The summed E-state index contributed by atoms with van der Waals surface area (Å²) in [5.41, 5.74) is 0.836. The molecule has 0 heterocycles. The molecule has 0 aliphatic heterocycles. The predicted molar refractivity (Wildman–Crippen MR) is 73.8 cm³/mol. The van der Waals surface area contributed by atoms with Crippen LogP contribution in [0.4, 0.5) is 8.78 Å². The second-order valence-corrected chi connectivity index (χ2v) is 4.27. The Hall–Kier alpha value is -2.69. The molecule has 2 rings (SSSR count). The van der Waals surface area contributed by atoms with Crippen molar-refractivity contribution in [1.29, 1.82) is 0 Å². The summed E-state index contributed by atoms with van der Waals surface area (Å²) < 4.78 is 31.7. The first kappa shape index (κ1) is 14.7. The molecule has 3 nitrogen and oxygen atoms in total. The van der Waals surface area contributed by atoms with E-state index in [-0.39, 0.29) is 18.0 Å². The van der Waals surface area contributed by atoms with E-state index < -0.39 is 11.8 Å². The van der Waals surface area contributed by atoms with Crippen LogP contribution in [0.1, 0.15) is 11.1 Å². The number of carboxylic acid groups (broad SMARTS) is 1. The number of hydrogen-bond acceptors (Lipinski definition) is 2. The summed E-state index contributed by atoms with van der Waals surface area (Å²) in [4.78, 5) is 10.4. The highest BCUT2D eigenvalue weighted by molar-refractivity contribution is 5.85. The van der Waals surface area contributed by atoms with Crippen LogP contribution in [0.15, 0.2) is 48.5 Å². The Kier molecular flexibility index (Phi) is 4.66. The fourth-order valence-electron chi connectivity index (χ4n) is 1.67. The highest BCUT2D eigenvalue weighted by atomic mass is 19.1. The van der Waals surface area contributed by atoms with Crippen molar-refractivity contribution in [2.45, 2.75) is 6.61 Å². The van der Waals surface area contributed by atoms with Gasteiger partial charge >= 0.3 is 5.97 Å². The normalized spacial score (nSPS) is 10.8. The van der Waals surface area contributed by atoms with Crippen LogP contribution in [0.3, 0.4) is 0 Å². The molecule has 0 fully saturated rings. The molecule has 0 spiro atoms. The minimum Gasteiger partial charge on any atom is -0.489 e. The van der Waals surface area contributed by atoms with Crippen molar-refractivity contribution in [2.24, 2.45) is 0 Å². The van der Waals surface area contributed by atoms with Gasteiger partial charge in [-0.3, -0.25) is 0 Å². The van der Waals surface area contributed by atoms with Crippen LogP contribution in [0, 0.1) is 11.6 Å². The van der Waals surface area contributed by atoms with Crippen molar-refractivity contribution in [3.8, 4) is 5.75 Å². The van der Waals surface area contributed by atoms with Crippen molar-refractivity contribution < 1.29 is 23.4 Å². The quantitative estimate of drug-likeness (QED) is 0.855. The second-order valence-electron chi connectivity index (χ2n) is 4.27. The molecule has 5 heteroatoms. The third-order valence-electron chi connectivity index (χ3n) is 2.69. The van der Waals surface area contributed by atoms with Gasteiger partial charge in [0.25, 0.3) is 0 Å². The topological polar surface area (TPSA) is 46.5 Å². The van der Waals surface area contributed by atoms with Crippen molar-refractivity contribution in [3.63, 3.8) is 0 Å². The molecule has 0 atom stereocenters. The number of aliphatic carboxylic acids is 1. The van der Waals surface area contributed by atoms with Gasteiger partial charge in [-0.2, -0.15) is 0 Å². The van der Waals surface area contributed by atoms with Gasteiger partial charge in [0.15, 0.2) is 0 Å². The first-order valence-corrected chi connectivity index (χ1v) is 6.12. The van der Waals surface area contributed by atoms with Crippen LogP contribution < -0.4 is 4.74 Å². The van der Waals surface area contributed by atoms with E-state index in [1.165, 1.54) is 48.5 Å². The maximum atomic E-state index is 13.5. The van der Waals surface area contributed by atoms with Crippen LogP contribution in [0.2, 0.25) is 0 Å². The van der Waals surface area contributed by atoms with Gasteiger partial charge in [0.05, 0.1) is 0 Å². The molecule has 0 saturated carbocycles. The highest BCUT2D eigenvalue weighted by Gasteiger charge is 2.03. The van der Waals surface area contributed by atoms with Gasteiger partial charge in [0.2, 0.25) is 0 Å². The molecule has 0 radical (unpaired) electrons. The third-order valence-corrected chi connectivity index (χ3v) is 2.69. The molecule has 0 aliphatic carbocycles. The molecule has 1 N–H and O–H groups in total. The SMILES string of the molecule is O=C(O)C=Cc1cc(COc2ccc(F)cc2)ccc1F. The minimum atomic E-state index is -1.15. The third kappa shape index (κ3) is 4.42. The number of ether oxygens (including phenoxy) is 1. The van der Waals surface area contributed by atoms with Gasteiger partial charge in [-0.1, -0.05) is 6.07 Å². The summed E-state index contributed by atoms with van der Waals surface area (Å²) in [5.74, 6) is -1.53. The molecule has 0 aliphatic rings. The largest absolute Gasteiger partial charge is 0.489 e. The Morgan fingerprint density at radius 1 is 1.14 bits per heavy atom. The van der Waals surface area contributed by atoms with Gasteiger partial charge in [0.1, 0.15) is 24.0 Å². The average molecular weight is 290 g/mol. The van der Waals surface area contributed by atoms with Crippen LogP contribution in [-0.4, -0.2) is 11.1 Å². The molecule has 2 aromatic rings. The van der Waals surface area contributed by atoms with Gasteiger partial charge in [-0.15, -0.1) is 0 Å². The van der Waals surface area contributed by atoms with Crippen LogP contribution in [0.25, 0.3) is 6.08 Å². The standard InChI is InChI=1S/C16H12F2O3/c17-13-3-5-14(6-4-13)21-10-11-1-7-15(18)12(9-11)2-8-16(19)20/h1-9H,10H2,(H,19,20). The molecular weight excluding hydrogens is 278 g/mol. The smallest absolute Gasteiger partial charge is 0.328 e. The fourth-order valence-corrected chi connectivity index (χ4v) is 1.67. The van der Waals surface area contributed by atoms with E-state index in [4.69, 9.17) is 9.84 Å². The van der Waals surface area contributed by atoms with E-state index in [0.717, 1.165) is 6.08 Å². The Bertz CT molecular complexity index is 664. The first-order chi connectivity index (χ1) is 10.0. The van der Waals surface area contributed by atoms with Crippen LogP contribution >= 0.6 is 0 Å². The average Bonchev–Trinajstić information content (AvgIpc) is 2.46. The number of rotatable bonds is 5. The lowest BCUT2D eigenvalue weighted by molar-refractivity contribution is -0.131. The number of hydrogen-bond donors (Lipinski definition) is 1. The number of carboxylic acids is 1. The minimum absolute atomic E-state index is 0.164. The van der Waals surface area contributed by atoms with Gasteiger partial charge < -0.3 is 9.84 Å². The van der Waals surface area contributed by atoms with E-state index in [9.17, 15) is 13.6 Å². The van der Waals surface area contributed by atoms with Crippen molar-refractivity contribution in [2.75, 3.05) is 0 Å². The summed E-state index contributed by atoms with van der Waals surface area (Å²) in [6.45, 7) is 0.166. The lowest BCUT2D eigenvalue weighted by atomic mass is 10.1. The summed E-state index contributed by atoms with van der Waals surface area (Å²) >= 11 is 0. The Balaban J connectivity index is 2.08. The Morgan fingerprint density at radius 2 is 1.86 bits per heavy atom. The first-order valence-electron chi connectivity index (χ1n) is 6.12. The van der Waals surface area contributed by atoms with Crippen LogP contribution in [0.5, 0.6) is 5.75 Å². The predicted octanol–water partition coefficient (Wildman–Crippen LogP) is 3.64.